The van der Waals surface area contributed by atoms with Gasteiger partial charge in [0, 0.05) is 5.56 Å². The molecule has 0 saturated carbocycles. The number of ketones is 1. The van der Waals surface area contributed by atoms with Crippen molar-refractivity contribution in [2.75, 3.05) is 11.5 Å². The van der Waals surface area contributed by atoms with Gasteiger partial charge in [-0.2, -0.15) is 0 Å². The molecule has 6 rings (SSSR count). The highest BCUT2D eigenvalue weighted by molar-refractivity contribution is 7.22. The average Bonchev–Trinajstić information content (AvgIpc) is 3.54. The van der Waals surface area contributed by atoms with Gasteiger partial charge in [0.05, 0.1) is 28.4 Å². The number of carbonyl (C=O) groups is 2. The van der Waals surface area contributed by atoms with Gasteiger partial charge in [-0.3, -0.25) is 14.5 Å². The summed E-state index contributed by atoms with van der Waals surface area (Å²) >= 11 is 1.29. The van der Waals surface area contributed by atoms with Crippen molar-refractivity contribution >= 4 is 44.1 Å². The van der Waals surface area contributed by atoms with Crippen molar-refractivity contribution in [2.45, 2.75) is 26.5 Å². The molecule has 0 radical (unpaired) electrons. The van der Waals surface area contributed by atoms with Gasteiger partial charge in [-0.05, 0) is 55.3 Å². The largest absolute Gasteiger partial charge is 0.507 e. The fourth-order valence-electron chi connectivity index (χ4n) is 4.95. The summed E-state index contributed by atoms with van der Waals surface area (Å²) in [5, 5.41) is 11.8. The number of aliphatic hydroxyl groups excluding tert-OH is 1. The number of Topliss-reactive ketones (excluding diaryl/α,β-unsaturated/α-hetero) is 1. The number of fused-ring (bicyclic) bond motifs is 1. The van der Waals surface area contributed by atoms with Gasteiger partial charge in [0.15, 0.2) is 5.13 Å². The van der Waals surface area contributed by atoms with E-state index >= 15 is 0 Å². The lowest BCUT2D eigenvalue weighted by atomic mass is 9.95. The Bertz CT molecular complexity index is 1790. The van der Waals surface area contributed by atoms with E-state index < -0.39 is 17.7 Å². The van der Waals surface area contributed by atoms with Crippen LogP contribution in [0.15, 0.2) is 103 Å². The average molecular weight is 577 g/mol. The van der Waals surface area contributed by atoms with E-state index in [-0.39, 0.29) is 11.3 Å². The van der Waals surface area contributed by atoms with Crippen molar-refractivity contribution in [1.29, 1.82) is 0 Å². The topological polar surface area (TPSA) is 89.0 Å². The van der Waals surface area contributed by atoms with Crippen LogP contribution in [-0.2, 0) is 16.2 Å². The molecule has 1 aliphatic heterocycles. The van der Waals surface area contributed by atoms with Crippen LogP contribution in [0.2, 0.25) is 0 Å². The van der Waals surface area contributed by atoms with Crippen LogP contribution in [0.25, 0.3) is 16.0 Å². The van der Waals surface area contributed by atoms with E-state index in [1.807, 2.05) is 86.6 Å². The fourth-order valence-corrected chi connectivity index (χ4v) is 5.97. The van der Waals surface area contributed by atoms with Crippen molar-refractivity contribution in [2.24, 2.45) is 0 Å². The lowest BCUT2D eigenvalue weighted by Crippen LogP contribution is -2.29. The van der Waals surface area contributed by atoms with E-state index in [0.717, 1.165) is 15.8 Å². The van der Waals surface area contributed by atoms with Crippen molar-refractivity contribution in [3.05, 3.63) is 125 Å². The van der Waals surface area contributed by atoms with E-state index in [1.165, 1.54) is 16.2 Å². The van der Waals surface area contributed by atoms with Crippen LogP contribution < -0.4 is 14.4 Å². The Kier molecular flexibility index (Phi) is 7.46. The molecule has 0 spiro atoms. The maximum absolute atomic E-state index is 13.6. The van der Waals surface area contributed by atoms with Gasteiger partial charge in [0.25, 0.3) is 5.78 Å². The van der Waals surface area contributed by atoms with E-state index in [4.69, 9.17) is 14.5 Å². The minimum atomic E-state index is -0.888. The van der Waals surface area contributed by atoms with Crippen molar-refractivity contribution in [3.63, 3.8) is 0 Å². The molecule has 8 heteroatoms. The van der Waals surface area contributed by atoms with Crippen molar-refractivity contribution < 1.29 is 24.2 Å². The number of benzene rings is 4. The number of anilines is 1. The number of ether oxygens (including phenoxy) is 2. The Labute approximate surface area is 247 Å². The van der Waals surface area contributed by atoms with Gasteiger partial charge in [0.1, 0.15) is 23.9 Å². The fraction of sp³-hybridized carbons (Fsp3) is 0.147. The molecule has 1 N–H and O–H groups in total. The Hall–Kier alpha value is -4.95. The lowest BCUT2D eigenvalue weighted by molar-refractivity contribution is -0.132. The second kappa shape index (κ2) is 11.5. The summed E-state index contributed by atoms with van der Waals surface area (Å²) in [5.74, 6) is -0.408. The summed E-state index contributed by atoms with van der Waals surface area (Å²) in [4.78, 5) is 33.3. The third-order valence-electron chi connectivity index (χ3n) is 7.08. The Balaban J connectivity index is 1.42. The number of hydrogen-bond acceptors (Lipinski definition) is 7. The van der Waals surface area contributed by atoms with Gasteiger partial charge in [-0.1, -0.05) is 83.6 Å². The molecule has 1 amide bonds. The SMILES string of the molecule is CCOc1ccc2nc(N3C(=O)C(=O)C(=C(O)c4ccc(C)cc4)C3c3ccc(OCc4ccccc4)cc3)sc2c1. The first kappa shape index (κ1) is 27.2. The molecule has 42 heavy (non-hydrogen) atoms. The third kappa shape index (κ3) is 5.24. The summed E-state index contributed by atoms with van der Waals surface area (Å²) < 4.78 is 12.4. The Morgan fingerprint density at radius 2 is 1.62 bits per heavy atom. The molecule has 1 unspecified atom stereocenters. The number of rotatable bonds is 8. The third-order valence-corrected chi connectivity index (χ3v) is 8.10. The second-order valence-corrected chi connectivity index (χ2v) is 10.9. The predicted molar refractivity (Wildman–Crippen MR) is 164 cm³/mol. The maximum atomic E-state index is 13.6. The van der Waals surface area contributed by atoms with E-state index in [0.29, 0.717) is 46.5 Å². The molecule has 1 saturated heterocycles. The molecule has 7 nitrogen and oxygen atoms in total. The Morgan fingerprint density at radius 3 is 2.33 bits per heavy atom. The lowest BCUT2D eigenvalue weighted by Gasteiger charge is -2.23. The number of aliphatic hydroxyl groups is 1. The summed E-state index contributed by atoms with van der Waals surface area (Å²) in [5.41, 5.74) is 3.84. The highest BCUT2D eigenvalue weighted by atomic mass is 32.1. The first-order valence-electron chi connectivity index (χ1n) is 13.6. The number of aromatic nitrogens is 1. The standard InChI is InChI=1S/C34H28N2O5S/c1-3-40-26-17-18-27-28(19-26)42-34(35-27)36-30(23-13-15-25(16-14-23)41-20-22-7-5-4-6-8-22)29(32(38)33(36)39)31(37)24-11-9-21(2)10-12-24/h4-19,30,37H,3,20H2,1-2H3. The molecule has 1 aliphatic rings. The summed E-state index contributed by atoms with van der Waals surface area (Å²) in [7, 11) is 0. The number of aryl methyl sites for hydroxylation is 1. The van der Waals surface area contributed by atoms with Gasteiger partial charge < -0.3 is 14.6 Å². The van der Waals surface area contributed by atoms with E-state index in [9.17, 15) is 14.7 Å². The number of amides is 1. The van der Waals surface area contributed by atoms with Gasteiger partial charge in [-0.25, -0.2) is 4.98 Å². The van der Waals surface area contributed by atoms with Gasteiger partial charge in [0.2, 0.25) is 0 Å². The zero-order valence-corrected chi connectivity index (χ0v) is 23.9. The minimum Gasteiger partial charge on any atom is -0.507 e. The van der Waals surface area contributed by atoms with Crippen molar-refractivity contribution in [3.8, 4) is 11.5 Å². The highest BCUT2D eigenvalue weighted by Crippen LogP contribution is 2.45. The molecule has 1 aromatic heterocycles. The maximum Gasteiger partial charge on any atom is 0.301 e. The molecular weight excluding hydrogens is 548 g/mol. The van der Waals surface area contributed by atoms with Crippen LogP contribution in [0.1, 0.15) is 35.2 Å². The molecule has 5 aromatic rings. The summed E-state index contributed by atoms with van der Waals surface area (Å²) in [6.45, 7) is 4.78. The number of nitrogens with zero attached hydrogens (tertiary/aromatic N) is 2. The van der Waals surface area contributed by atoms with Gasteiger partial charge in [-0.15, -0.1) is 0 Å². The second-order valence-electron chi connectivity index (χ2n) is 9.94. The summed E-state index contributed by atoms with van der Waals surface area (Å²) in [6, 6.07) is 28.9. The number of thiazole rings is 1. The molecule has 4 aromatic carbocycles. The smallest absolute Gasteiger partial charge is 0.301 e. The quantitative estimate of drug-likeness (QED) is 0.119. The molecule has 0 aliphatic carbocycles. The van der Waals surface area contributed by atoms with E-state index in [2.05, 4.69) is 0 Å². The van der Waals surface area contributed by atoms with Crippen LogP contribution in [0.5, 0.6) is 11.5 Å². The molecule has 0 bridgehead atoms. The molecule has 1 fully saturated rings. The van der Waals surface area contributed by atoms with Gasteiger partial charge >= 0.3 is 5.91 Å². The molecule has 210 valence electrons. The van der Waals surface area contributed by atoms with E-state index in [1.54, 1.807) is 24.3 Å². The summed E-state index contributed by atoms with van der Waals surface area (Å²) in [6.07, 6.45) is 0. The highest BCUT2D eigenvalue weighted by Gasteiger charge is 2.48. The zero-order chi connectivity index (χ0) is 29.2. The zero-order valence-electron chi connectivity index (χ0n) is 23.1. The monoisotopic (exact) mass is 576 g/mol. The molecular formula is C34H28N2O5S. The minimum absolute atomic E-state index is 0.0102. The first-order chi connectivity index (χ1) is 20.4. The molecule has 2 heterocycles. The van der Waals surface area contributed by atoms with Crippen LogP contribution >= 0.6 is 11.3 Å². The molecule has 1 atom stereocenters. The van der Waals surface area contributed by atoms with Crippen molar-refractivity contribution in [1.82, 2.24) is 4.98 Å². The number of carbonyl (C=O) groups excluding carboxylic acids is 2. The van der Waals surface area contributed by atoms with Crippen LogP contribution in [-0.4, -0.2) is 28.4 Å². The van der Waals surface area contributed by atoms with Crippen LogP contribution in [0.4, 0.5) is 5.13 Å². The van der Waals surface area contributed by atoms with Crippen LogP contribution in [0, 0.1) is 6.92 Å². The number of hydrogen-bond donors (Lipinski definition) is 1. The first-order valence-corrected chi connectivity index (χ1v) is 14.4. The normalized spacial score (nSPS) is 16.2. The predicted octanol–water partition coefficient (Wildman–Crippen LogP) is 7.21. The Morgan fingerprint density at radius 1 is 0.905 bits per heavy atom. The van der Waals surface area contributed by atoms with Crippen LogP contribution in [0.3, 0.4) is 0 Å².